The van der Waals surface area contributed by atoms with E-state index in [9.17, 15) is 19.2 Å². The Morgan fingerprint density at radius 2 is 1.45 bits per heavy atom. The molecule has 33 heavy (non-hydrogen) atoms. The molecule has 0 saturated carbocycles. The first-order chi connectivity index (χ1) is 15.5. The van der Waals surface area contributed by atoms with Gasteiger partial charge >= 0.3 is 134 Å². The molecule has 0 atom stereocenters. The number of carbonyl (C=O) groups is 4. The molecule has 0 aliphatic heterocycles. The molecule has 1 aromatic rings. The van der Waals surface area contributed by atoms with Gasteiger partial charge in [0.2, 0.25) is 0 Å². The summed E-state index contributed by atoms with van der Waals surface area (Å²) in [4.78, 5) is 44.3. The predicted molar refractivity (Wildman–Crippen MR) is 128 cm³/mol. The van der Waals surface area contributed by atoms with Crippen LogP contribution in [-0.4, -0.2) is 43.4 Å². The van der Waals surface area contributed by atoms with Crippen molar-refractivity contribution >= 4 is 30.3 Å². The smallest absolute Gasteiger partial charge is 0.0860 e. The van der Waals surface area contributed by atoms with Crippen LogP contribution in [0.2, 0.25) is 0 Å². The number of hydrogen-bond acceptors (Lipinski definition) is 4. The zero-order valence-electron chi connectivity index (χ0n) is 20.2. The molecule has 0 spiro atoms. The van der Waals surface area contributed by atoms with Gasteiger partial charge in [-0.2, -0.15) is 23.8 Å². The largest absolute Gasteiger partial charge is 0.273 e. The summed E-state index contributed by atoms with van der Waals surface area (Å²) in [5.74, 6) is -0.892. The van der Waals surface area contributed by atoms with Crippen molar-refractivity contribution in [1.29, 1.82) is 0 Å². The van der Waals surface area contributed by atoms with Crippen LogP contribution in [0.1, 0.15) is 45.2 Å². The third-order valence-corrected chi connectivity index (χ3v) is 6.60. The van der Waals surface area contributed by atoms with E-state index in [0.29, 0.717) is 6.66 Å². The molecule has 0 unspecified atom stereocenters. The van der Waals surface area contributed by atoms with Crippen LogP contribution in [0.3, 0.4) is 0 Å². The molecule has 1 aromatic carbocycles. The van der Waals surface area contributed by atoms with Crippen LogP contribution in [0.5, 0.6) is 0 Å². The first kappa shape index (κ1) is 30.3. The standard InChI is InChI=1S/C7H9.2C6H10N2O2.C5H5.Zr/c1-6-3-4-7(2)5-6;2*1-5(9)7-3-4-8-6(2)10;1-2-4-5-3-1;/h3-5H,1-2H3;2*3H2,1-2H3,(H,7,9)(H,8,10);1-3H,4H2;/q-1;;;-1;. The SMILES string of the molecule is CC(=O)NC[C](NC(C)=O)=[Zr]=[C](CNC(C)=O)NC(C)=O.Cc1cc[c-](C)c1.[C-]1=CC=CC1. The van der Waals surface area contributed by atoms with Crippen molar-refractivity contribution in [3.05, 3.63) is 53.6 Å². The molecule has 0 bridgehead atoms. The second kappa shape index (κ2) is 17.8. The topological polar surface area (TPSA) is 116 Å². The van der Waals surface area contributed by atoms with E-state index in [1.54, 1.807) is 0 Å². The fourth-order valence-electron chi connectivity index (χ4n) is 2.33. The van der Waals surface area contributed by atoms with Crippen LogP contribution in [0.15, 0.2) is 36.4 Å². The van der Waals surface area contributed by atoms with Gasteiger partial charge in [-0.25, -0.2) is 23.8 Å². The molecule has 1 aliphatic rings. The van der Waals surface area contributed by atoms with Gasteiger partial charge in [-0.1, -0.05) is 13.8 Å². The first-order valence-electron chi connectivity index (χ1n) is 10.4. The normalized spacial score (nSPS) is 10.4. The zero-order valence-corrected chi connectivity index (χ0v) is 22.7. The molecule has 9 heteroatoms. The maximum atomic E-state index is 11.2. The Labute approximate surface area is 207 Å². The third kappa shape index (κ3) is 19.7. The molecule has 0 heterocycles. The van der Waals surface area contributed by atoms with Gasteiger partial charge in [0, 0.05) is 0 Å². The van der Waals surface area contributed by atoms with E-state index in [1.165, 1.54) is 38.8 Å². The molecule has 4 amide bonds. The average molecular weight is 534 g/mol. The van der Waals surface area contributed by atoms with E-state index in [-0.39, 0.29) is 36.7 Å². The summed E-state index contributed by atoms with van der Waals surface area (Å²) < 4.78 is 1.38. The molecular weight excluding hydrogens is 500 g/mol. The van der Waals surface area contributed by atoms with Crippen molar-refractivity contribution in [3.8, 4) is 0 Å². The first-order valence-corrected chi connectivity index (χ1v) is 12.9. The number of nitrogens with one attached hydrogen (secondary N) is 4. The Bertz CT molecular complexity index is 870. The molecule has 0 fully saturated rings. The number of hydrogen-bond donors (Lipinski definition) is 4. The van der Waals surface area contributed by atoms with Crippen LogP contribution in [0, 0.1) is 19.9 Å². The number of carbonyl (C=O) groups excluding carboxylic acids is 4. The van der Waals surface area contributed by atoms with Gasteiger partial charge in [0.1, 0.15) is 0 Å². The summed E-state index contributed by atoms with van der Waals surface area (Å²) in [6, 6.07) is 6.41. The van der Waals surface area contributed by atoms with Crippen molar-refractivity contribution in [1.82, 2.24) is 21.3 Å². The monoisotopic (exact) mass is 532 g/mol. The van der Waals surface area contributed by atoms with E-state index < -0.39 is 22.3 Å². The van der Waals surface area contributed by atoms with Crippen molar-refractivity contribution in [2.24, 2.45) is 0 Å². The second-order valence-corrected chi connectivity index (χ2v) is 10.8. The molecular formula is C24H34N4O4Zr-2. The summed E-state index contributed by atoms with van der Waals surface area (Å²) in [5.41, 5.74) is 2.72. The summed E-state index contributed by atoms with van der Waals surface area (Å²) in [5, 5.41) is 10.6. The summed E-state index contributed by atoms with van der Waals surface area (Å²) >= 11 is -1.51. The molecule has 0 saturated heterocycles. The maximum absolute atomic E-state index is 11.2. The van der Waals surface area contributed by atoms with Gasteiger partial charge in [-0.05, 0) is 0 Å². The molecule has 180 valence electrons. The molecule has 2 rings (SSSR count). The van der Waals surface area contributed by atoms with Crippen LogP contribution < -0.4 is 21.3 Å². The minimum Gasteiger partial charge on any atom is -0.273 e. The summed E-state index contributed by atoms with van der Waals surface area (Å²) in [6.45, 7) is 10.2. The van der Waals surface area contributed by atoms with Crippen molar-refractivity contribution < 1.29 is 41.4 Å². The van der Waals surface area contributed by atoms with Crippen LogP contribution >= 0.6 is 0 Å². The number of rotatable bonds is 6. The summed E-state index contributed by atoms with van der Waals surface area (Å²) in [7, 11) is 0. The van der Waals surface area contributed by atoms with Gasteiger partial charge in [0.25, 0.3) is 0 Å². The summed E-state index contributed by atoms with van der Waals surface area (Å²) in [6.07, 6.45) is 10.0. The van der Waals surface area contributed by atoms with E-state index in [4.69, 9.17) is 0 Å². The fourth-order valence-corrected chi connectivity index (χ4v) is 5.27. The van der Waals surface area contributed by atoms with Gasteiger partial charge in [0.15, 0.2) is 0 Å². The quantitative estimate of drug-likeness (QED) is 0.411. The zero-order chi connectivity index (χ0) is 25.2. The van der Waals surface area contributed by atoms with E-state index in [2.05, 4.69) is 65.5 Å². The molecule has 0 radical (unpaired) electrons. The number of allylic oxidation sites excluding steroid dienone is 4. The minimum atomic E-state index is -1.51. The molecule has 1 aliphatic carbocycles. The Kier molecular flexibility index (Phi) is 16.4. The van der Waals surface area contributed by atoms with Gasteiger partial charge < -0.3 is 0 Å². The minimum absolute atomic E-state index is 0.208. The third-order valence-electron chi connectivity index (χ3n) is 3.63. The Morgan fingerprint density at radius 3 is 1.67 bits per heavy atom. The van der Waals surface area contributed by atoms with E-state index >= 15 is 0 Å². The van der Waals surface area contributed by atoms with Crippen molar-refractivity contribution in [3.63, 3.8) is 0 Å². The Balaban J connectivity index is 0.000000677. The van der Waals surface area contributed by atoms with Gasteiger partial charge in [-0.3, -0.25) is 6.08 Å². The second-order valence-electron chi connectivity index (χ2n) is 7.23. The predicted octanol–water partition coefficient (Wildman–Crippen LogP) is 1.20. The van der Waals surface area contributed by atoms with E-state index in [1.807, 2.05) is 12.2 Å². The number of aryl methyl sites for hydroxylation is 2. The van der Waals surface area contributed by atoms with E-state index in [0.717, 1.165) is 6.42 Å². The van der Waals surface area contributed by atoms with Crippen LogP contribution in [0.25, 0.3) is 0 Å². The molecule has 4 N–H and O–H groups in total. The van der Waals surface area contributed by atoms with Crippen LogP contribution in [-0.2, 0) is 41.4 Å². The fraction of sp³-hybridized carbons (Fsp3) is 0.375. The Hall–Kier alpha value is -2.67. The average Bonchev–Trinajstić information content (AvgIpc) is 3.39. The van der Waals surface area contributed by atoms with Gasteiger partial charge in [-0.15, -0.1) is 6.42 Å². The molecule has 0 aromatic heterocycles. The van der Waals surface area contributed by atoms with Crippen LogP contribution in [0.4, 0.5) is 0 Å². The maximum Gasteiger partial charge on any atom is -0.0860 e. The number of amides is 4. The van der Waals surface area contributed by atoms with Gasteiger partial charge in [0.05, 0.1) is 0 Å². The molecule has 8 nitrogen and oxygen atoms in total. The van der Waals surface area contributed by atoms with Crippen molar-refractivity contribution in [2.75, 3.05) is 13.1 Å². The van der Waals surface area contributed by atoms with Crippen molar-refractivity contribution in [2.45, 2.75) is 48.0 Å². The Morgan fingerprint density at radius 1 is 0.939 bits per heavy atom.